The summed E-state index contributed by atoms with van der Waals surface area (Å²) >= 11 is 0. The van der Waals surface area contributed by atoms with Crippen molar-refractivity contribution in [3.05, 3.63) is 65.2 Å². The Hall–Kier alpha value is -2.82. The van der Waals surface area contributed by atoms with Crippen LogP contribution in [-0.4, -0.2) is 23.9 Å². The molecule has 0 radical (unpaired) electrons. The Kier molecular flexibility index (Phi) is 3.71. The molecule has 1 saturated heterocycles. The first kappa shape index (κ1) is 15.7. The largest absolute Gasteiger partial charge is 0.496 e. The molecule has 5 heteroatoms. The normalized spacial score (nSPS) is 22.0. The minimum absolute atomic E-state index is 0.171. The number of fused-ring (bicyclic) bond motifs is 2. The van der Waals surface area contributed by atoms with Crippen LogP contribution in [0.15, 0.2) is 48.5 Å². The van der Waals surface area contributed by atoms with Gasteiger partial charge in [0.25, 0.3) is 5.91 Å². The van der Waals surface area contributed by atoms with Crippen molar-refractivity contribution >= 4 is 11.9 Å². The van der Waals surface area contributed by atoms with Crippen molar-refractivity contribution < 1.29 is 14.3 Å². The number of carbonyl (C=O) groups excluding carboxylic acids is 2. The van der Waals surface area contributed by atoms with E-state index >= 15 is 0 Å². The third-order valence-electron chi connectivity index (χ3n) is 5.17. The molecule has 128 valence electrons. The maximum atomic E-state index is 13.3. The lowest BCUT2D eigenvalue weighted by Crippen LogP contribution is -2.46. The fourth-order valence-corrected chi connectivity index (χ4v) is 3.96. The third-order valence-corrected chi connectivity index (χ3v) is 5.17. The van der Waals surface area contributed by atoms with Crippen LogP contribution in [0.1, 0.15) is 29.5 Å². The van der Waals surface area contributed by atoms with Crippen LogP contribution in [0.25, 0.3) is 0 Å². The molecule has 1 aliphatic heterocycles. The molecule has 0 saturated carbocycles. The molecule has 1 heterocycles. The van der Waals surface area contributed by atoms with Gasteiger partial charge in [0.15, 0.2) is 0 Å². The van der Waals surface area contributed by atoms with Gasteiger partial charge in [0.05, 0.1) is 13.7 Å². The Balaban J connectivity index is 1.70. The van der Waals surface area contributed by atoms with E-state index in [1.165, 1.54) is 4.90 Å². The van der Waals surface area contributed by atoms with Gasteiger partial charge in [-0.3, -0.25) is 9.69 Å². The second-order valence-corrected chi connectivity index (χ2v) is 6.55. The van der Waals surface area contributed by atoms with E-state index in [0.29, 0.717) is 12.2 Å². The number of carbonyl (C=O) groups is 2. The van der Waals surface area contributed by atoms with Gasteiger partial charge in [0.2, 0.25) is 0 Å². The van der Waals surface area contributed by atoms with Crippen molar-refractivity contribution in [2.75, 3.05) is 7.11 Å². The average molecular weight is 336 g/mol. The second kappa shape index (κ2) is 5.92. The number of methoxy groups -OCH3 is 1. The highest BCUT2D eigenvalue weighted by Crippen LogP contribution is 2.40. The van der Waals surface area contributed by atoms with Crippen LogP contribution < -0.4 is 10.1 Å². The van der Waals surface area contributed by atoms with Crippen LogP contribution >= 0.6 is 0 Å². The lowest BCUT2D eigenvalue weighted by atomic mass is 9.76. The van der Waals surface area contributed by atoms with Gasteiger partial charge >= 0.3 is 6.03 Å². The molecular formula is C20H20N2O3. The first-order chi connectivity index (χ1) is 12.2. The highest BCUT2D eigenvalue weighted by Gasteiger charge is 2.53. The van der Waals surface area contributed by atoms with Crippen molar-refractivity contribution in [2.45, 2.75) is 31.3 Å². The summed E-state index contributed by atoms with van der Waals surface area (Å²) in [6.07, 6.45) is 2.45. The Bertz CT molecular complexity index is 848. The number of hydrogen-bond donors (Lipinski definition) is 1. The minimum Gasteiger partial charge on any atom is -0.496 e. The van der Waals surface area contributed by atoms with Gasteiger partial charge in [-0.05, 0) is 36.5 Å². The third kappa shape index (κ3) is 2.38. The molecule has 1 N–H and O–H groups in total. The molecule has 25 heavy (non-hydrogen) atoms. The minimum atomic E-state index is -0.923. The number of para-hydroxylation sites is 1. The van der Waals surface area contributed by atoms with Crippen LogP contribution in [0.2, 0.25) is 0 Å². The average Bonchev–Trinajstić information content (AvgIpc) is 2.87. The predicted octanol–water partition coefficient (Wildman–Crippen LogP) is 2.98. The van der Waals surface area contributed by atoms with Crippen LogP contribution in [0.3, 0.4) is 0 Å². The van der Waals surface area contributed by atoms with Gasteiger partial charge in [-0.1, -0.05) is 42.5 Å². The van der Waals surface area contributed by atoms with Crippen molar-refractivity contribution in [3.8, 4) is 5.75 Å². The molecule has 4 rings (SSSR count). The maximum absolute atomic E-state index is 13.3. The fraction of sp³-hybridized carbons (Fsp3) is 0.300. The van der Waals surface area contributed by atoms with E-state index in [2.05, 4.69) is 5.32 Å². The molecule has 0 aromatic heterocycles. The topological polar surface area (TPSA) is 58.6 Å². The summed E-state index contributed by atoms with van der Waals surface area (Å²) in [4.78, 5) is 27.2. The Morgan fingerprint density at radius 3 is 2.72 bits per heavy atom. The molecule has 1 unspecified atom stereocenters. The van der Waals surface area contributed by atoms with E-state index in [1.807, 2.05) is 48.5 Å². The molecule has 1 fully saturated rings. The van der Waals surface area contributed by atoms with E-state index in [-0.39, 0.29) is 18.5 Å². The van der Waals surface area contributed by atoms with Crippen molar-refractivity contribution in [1.82, 2.24) is 10.2 Å². The number of ether oxygens (including phenoxy) is 1. The van der Waals surface area contributed by atoms with Gasteiger partial charge in [-0.2, -0.15) is 0 Å². The van der Waals surface area contributed by atoms with Crippen molar-refractivity contribution in [3.63, 3.8) is 0 Å². The number of benzene rings is 2. The summed E-state index contributed by atoms with van der Waals surface area (Å²) in [5, 5.41) is 2.98. The zero-order chi connectivity index (χ0) is 17.4. The van der Waals surface area contributed by atoms with E-state index < -0.39 is 5.54 Å². The second-order valence-electron chi connectivity index (χ2n) is 6.55. The number of urea groups is 1. The zero-order valence-electron chi connectivity index (χ0n) is 14.1. The SMILES string of the molecule is COc1ccccc1CN1C(=O)NC2(CCCc3ccccc32)C1=O. The summed E-state index contributed by atoms with van der Waals surface area (Å²) < 4.78 is 5.35. The molecule has 1 aliphatic carbocycles. The van der Waals surface area contributed by atoms with Crippen molar-refractivity contribution in [1.29, 1.82) is 0 Å². The fourth-order valence-electron chi connectivity index (χ4n) is 3.96. The predicted molar refractivity (Wildman–Crippen MR) is 93.1 cm³/mol. The number of aryl methyl sites for hydroxylation is 1. The van der Waals surface area contributed by atoms with Crippen LogP contribution in [0, 0.1) is 0 Å². The maximum Gasteiger partial charge on any atom is 0.325 e. The zero-order valence-corrected chi connectivity index (χ0v) is 14.1. The summed E-state index contributed by atoms with van der Waals surface area (Å²) in [5.74, 6) is 0.503. The number of rotatable bonds is 3. The molecule has 0 bridgehead atoms. The van der Waals surface area contributed by atoms with E-state index in [4.69, 9.17) is 4.74 Å². The summed E-state index contributed by atoms with van der Waals surface area (Å²) in [7, 11) is 1.59. The smallest absolute Gasteiger partial charge is 0.325 e. The molecule has 2 aromatic rings. The van der Waals surface area contributed by atoms with E-state index in [9.17, 15) is 9.59 Å². The van der Waals surface area contributed by atoms with E-state index in [1.54, 1.807) is 7.11 Å². The first-order valence-corrected chi connectivity index (χ1v) is 8.50. The summed E-state index contributed by atoms with van der Waals surface area (Å²) in [6, 6.07) is 15.0. The summed E-state index contributed by atoms with van der Waals surface area (Å²) in [5.41, 5.74) is 1.96. The molecule has 1 spiro atoms. The number of nitrogens with one attached hydrogen (secondary N) is 1. The van der Waals surface area contributed by atoms with Gasteiger partial charge in [-0.25, -0.2) is 4.79 Å². The molecule has 3 amide bonds. The Labute approximate surface area is 146 Å². The standard InChI is InChI=1S/C20H20N2O3/c1-25-17-11-5-3-8-15(17)13-22-18(23)20(21-19(22)24)12-6-9-14-7-2-4-10-16(14)20/h2-5,7-8,10-11H,6,9,12-13H2,1H3,(H,21,24). The number of hydrogen-bond acceptors (Lipinski definition) is 3. The highest BCUT2D eigenvalue weighted by molar-refractivity contribution is 6.07. The Morgan fingerprint density at radius 1 is 1.12 bits per heavy atom. The van der Waals surface area contributed by atoms with Gasteiger partial charge in [0, 0.05) is 5.56 Å². The number of imide groups is 1. The highest BCUT2D eigenvalue weighted by atomic mass is 16.5. The van der Waals surface area contributed by atoms with Gasteiger partial charge in [0.1, 0.15) is 11.3 Å². The Morgan fingerprint density at radius 2 is 1.88 bits per heavy atom. The summed E-state index contributed by atoms with van der Waals surface area (Å²) in [6.45, 7) is 0.207. The van der Waals surface area contributed by atoms with Crippen LogP contribution in [0.4, 0.5) is 4.79 Å². The van der Waals surface area contributed by atoms with Crippen molar-refractivity contribution in [2.24, 2.45) is 0 Å². The van der Waals surface area contributed by atoms with Gasteiger partial charge in [-0.15, -0.1) is 0 Å². The van der Waals surface area contributed by atoms with Crippen LogP contribution in [0.5, 0.6) is 5.75 Å². The van der Waals surface area contributed by atoms with Crippen LogP contribution in [-0.2, 0) is 23.3 Å². The van der Waals surface area contributed by atoms with Gasteiger partial charge < -0.3 is 10.1 Å². The lowest BCUT2D eigenvalue weighted by molar-refractivity contribution is -0.132. The number of amides is 3. The molecule has 1 atom stereocenters. The molecule has 2 aromatic carbocycles. The molecule has 2 aliphatic rings. The number of nitrogens with zero attached hydrogens (tertiary/aromatic N) is 1. The lowest BCUT2D eigenvalue weighted by Gasteiger charge is -2.33. The first-order valence-electron chi connectivity index (χ1n) is 8.50. The monoisotopic (exact) mass is 336 g/mol. The quantitative estimate of drug-likeness (QED) is 0.877. The molecular weight excluding hydrogens is 316 g/mol. The molecule has 5 nitrogen and oxygen atoms in total. The van der Waals surface area contributed by atoms with E-state index in [0.717, 1.165) is 29.5 Å².